The molecule has 2 heterocycles. The molecule has 3 fully saturated rings. The van der Waals surface area contributed by atoms with Gasteiger partial charge in [0.1, 0.15) is 0 Å². The molecule has 2 aliphatic heterocycles. The Morgan fingerprint density at radius 1 is 0.765 bits per heavy atom. The maximum atomic E-state index is 13.2. The standard InChI is InChI=1S/C23H27N3O2.C5H10.Fe/c1-24-11-13-25(14-12-24)20-10-9-19-21-17(20)7-4-8-18(21)22(27)26(23(19)28)15-16-5-2-3-6-16;1-2-4-5-3-1;/h4,7-10,16H,2-3,5-6,11-15H2,1H3;1-5H2;. The van der Waals surface area contributed by atoms with Gasteiger partial charge in [-0.25, -0.2) is 0 Å². The molecule has 34 heavy (non-hydrogen) atoms. The van der Waals surface area contributed by atoms with Crippen molar-refractivity contribution in [1.82, 2.24) is 9.80 Å². The second kappa shape index (κ2) is 11.2. The van der Waals surface area contributed by atoms with Crippen LogP contribution in [-0.2, 0) is 17.1 Å². The molecule has 2 aromatic carbocycles. The molecule has 184 valence electrons. The Hall–Kier alpha value is -1.88. The molecule has 6 rings (SSSR count). The molecule has 0 spiro atoms. The normalized spacial score (nSPS) is 21.0. The summed E-state index contributed by atoms with van der Waals surface area (Å²) in [4.78, 5) is 32.6. The van der Waals surface area contributed by atoms with Gasteiger partial charge >= 0.3 is 0 Å². The van der Waals surface area contributed by atoms with Crippen molar-refractivity contribution in [1.29, 1.82) is 0 Å². The van der Waals surface area contributed by atoms with E-state index in [0.29, 0.717) is 23.6 Å². The number of carbonyl (C=O) groups is 2. The first kappa shape index (κ1) is 25.2. The number of hydrogen-bond donors (Lipinski definition) is 0. The van der Waals surface area contributed by atoms with Crippen LogP contribution in [0.1, 0.15) is 78.5 Å². The Balaban J connectivity index is 0.000000407. The molecule has 0 radical (unpaired) electrons. The van der Waals surface area contributed by atoms with Gasteiger partial charge in [-0.15, -0.1) is 0 Å². The van der Waals surface area contributed by atoms with Gasteiger partial charge in [-0.3, -0.25) is 14.5 Å². The summed E-state index contributed by atoms with van der Waals surface area (Å²) in [6.07, 6.45) is 12.2. The van der Waals surface area contributed by atoms with Gasteiger partial charge in [-0.05, 0) is 44.0 Å². The second-order valence-electron chi connectivity index (χ2n) is 10.3. The van der Waals surface area contributed by atoms with E-state index in [2.05, 4.69) is 29.0 Å². The third-order valence-electron chi connectivity index (χ3n) is 7.98. The largest absolute Gasteiger partial charge is 0.368 e. The smallest absolute Gasteiger partial charge is 0.261 e. The average molecular weight is 503 g/mol. The monoisotopic (exact) mass is 503 g/mol. The van der Waals surface area contributed by atoms with Crippen molar-refractivity contribution in [3.05, 3.63) is 41.5 Å². The number of imide groups is 1. The average Bonchev–Trinajstić information content (AvgIpc) is 3.58. The number of piperazine rings is 1. The Morgan fingerprint density at radius 2 is 1.35 bits per heavy atom. The summed E-state index contributed by atoms with van der Waals surface area (Å²) in [5, 5.41) is 1.87. The van der Waals surface area contributed by atoms with Gasteiger partial charge in [-0.1, -0.05) is 57.1 Å². The van der Waals surface area contributed by atoms with E-state index in [-0.39, 0.29) is 28.9 Å². The summed E-state index contributed by atoms with van der Waals surface area (Å²) in [5.74, 6) is 0.217. The minimum absolute atomic E-state index is 0. The fourth-order valence-electron chi connectivity index (χ4n) is 5.95. The van der Waals surface area contributed by atoms with Crippen molar-refractivity contribution >= 4 is 28.3 Å². The number of anilines is 1. The zero-order chi connectivity index (χ0) is 22.8. The van der Waals surface area contributed by atoms with Crippen molar-refractivity contribution in [2.24, 2.45) is 5.92 Å². The number of nitrogens with zero attached hydrogens (tertiary/aromatic N) is 3. The molecule has 0 N–H and O–H groups in total. The summed E-state index contributed by atoms with van der Waals surface area (Å²) in [7, 11) is 2.14. The maximum absolute atomic E-state index is 13.2. The summed E-state index contributed by atoms with van der Waals surface area (Å²) in [5.41, 5.74) is 2.50. The number of rotatable bonds is 3. The maximum Gasteiger partial charge on any atom is 0.261 e. The minimum Gasteiger partial charge on any atom is -0.368 e. The molecule has 6 heteroatoms. The molecule has 5 nitrogen and oxygen atoms in total. The summed E-state index contributed by atoms with van der Waals surface area (Å²) in [6, 6.07) is 9.92. The number of hydrogen-bond acceptors (Lipinski definition) is 4. The topological polar surface area (TPSA) is 43.9 Å². The van der Waals surface area contributed by atoms with Gasteiger partial charge in [-0.2, -0.15) is 0 Å². The van der Waals surface area contributed by atoms with Gasteiger partial charge in [0.25, 0.3) is 11.8 Å². The van der Waals surface area contributed by atoms with E-state index in [0.717, 1.165) is 55.5 Å². The van der Waals surface area contributed by atoms with Gasteiger partial charge in [0.2, 0.25) is 0 Å². The van der Waals surface area contributed by atoms with Crippen molar-refractivity contribution in [3.63, 3.8) is 0 Å². The van der Waals surface area contributed by atoms with E-state index in [1.807, 2.05) is 18.2 Å². The number of amides is 2. The molecule has 2 aromatic rings. The van der Waals surface area contributed by atoms with Crippen LogP contribution in [0.5, 0.6) is 0 Å². The first-order chi connectivity index (χ1) is 16.1. The molecule has 2 saturated carbocycles. The van der Waals surface area contributed by atoms with E-state index < -0.39 is 0 Å². The van der Waals surface area contributed by atoms with Crippen molar-refractivity contribution < 1.29 is 26.7 Å². The summed E-state index contributed by atoms with van der Waals surface area (Å²) in [6.45, 7) is 4.54. The van der Waals surface area contributed by atoms with Gasteiger partial charge in [0.05, 0.1) is 0 Å². The van der Waals surface area contributed by atoms with E-state index >= 15 is 0 Å². The van der Waals surface area contributed by atoms with Crippen LogP contribution in [0.3, 0.4) is 0 Å². The molecule has 2 aliphatic carbocycles. The zero-order valence-corrected chi connectivity index (χ0v) is 21.5. The van der Waals surface area contributed by atoms with Crippen LogP contribution in [-0.4, -0.2) is 61.4 Å². The number of likely N-dealkylation sites (N-methyl/N-ethyl adjacent to an activating group) is 1. The Bertz CT molecular complexity index is 992. The molecule has 1 saturated heterocycles. The first-order valence-electron chi connectivity index (χ1n) is 13.0. The number of carbonyl (C=O) groups excluding carboxylic acids is 2. The fraction of sp³-hybridized carbons (Fsp3) is 0.571. The van der Waals surface area contributed by atoms with Crippen molar-refractivity contribution in [3.8, 4) is 0 Å². The Kier molecular flexibility index (Phi) is 8.34. The van der Waals surface area contributed by atoms with Crippen LogP contribution < -0.4 is 4.90 Å². The van der Waals surface area contributed by atoms with Gasteiger partial charge in [0, 0.05) is 77.4 Å². The second-order valence-corrected chi connectivity index (χ2v) is 10.3. The Morgan fingerprint density at radius 3 is 1.97 bits per heavy atom. The Labute approximate surface area is 214 Å². The van der Waals surface area contributed by atoms with Gasteiger partial charge < -0.3 is 9.80 Å². The van der Waals surface area contributed by atoms with E-state index in [9.17, 15) is 9.59 Å². The van der Waals surface area contributed by atoms with Crippen LogP contribution in [0.25, 0.3) is 10.8 Å². The van der Waals surface area contributed by atoms with Gasteiger partial charge in [0.15, 0.2) is 0 Å². The molecule has 4 aliphatic rings. The molecule has 0 bridgehead atoms. The quantitative estimate of drug-likeness (QED) is 0.420. The molecule has 0 unspecified atom stereocenters. The van der Waals surface area contributed by atoms with Crippen molar-refractivity contribution in [2.45, 2.75) is 57.8 Å². The van der Waals surface area contributed by atoms with Crippen molar-refractivity contribution in [2.75, 3.05) is 44.7 Å². The molecule has 2 amide bonds. The van der Waals surface area contributed by atoms with E-state index in [1.165, 1.54) is 49.8 Å². The van der Waals surface area contributed by atoms with Crippen LogP contribution in [0.15, 0.2) is 30.3 Å². The molecule has 0 aromatic heterocycles. The third kappa shape index (κ3) is 5.05. The molecular weight excluding hydrogens is 466 g/mol. The van der Waals surface area contributed by atoms with Crippen LogP contribution in [0.2, 0.25) is 0 Å². The van der Waals surface area contributed by atoms with E-state index in [1.54, 1.807) is 0 Å². The third-order valence-corrected chi connectivity index (χ3v) is 7.98. The predicted octanol–water partition coefficient (Wildman–Crippen LogP) is 5.33. The van der Waals surface area contributed by atoms with Crippen LogP contribution in [0.4, 0.5) is 5.69 Å². The summed E-state index contributed by atoms with van der Waals surface area (Å²) >= 11 is 0. The fourth-order valence-corrected chi connectivity index (χ4v) is 5.95. The van der Waals surface area contributed by atoms with E-state index in [4.69, 9.17) is 0 Å². The first-order valence-corrected chi connectivity index (χ1v) is 13.0. The molecule has 0 atom stereocenters. The minimum atomic E-state index is -0.120. The SMILES string of the molecule is C1CCCC1.CN1CCN(c2ccc3c4c(cccc24)C(=O)N(CC2CCCC2)C3=O)CC1.[Fe]. The van der Waals surface area contributed by atoms with Crippen LogP contribution >= 0.6 is 0 Å². The van der Waals surface area contributed by atoms with Crippen LogP contribution in [0, 0.1) is 5.92 Å². The predicted molar refractivity (Wildman–Crippen MR) is 134 cm³/mol. The zero-order valence-electron chi connectivity index (χ0n) is 20.4. The number of benzene rings is 2. The molecular formula is C28H37FeN3O2. The summed E-state index contributed by atoms with van der Waals surface area (Å²) < 4.78 is 0.